The van der Waals surface area contributed by atoms with Crippen LogP contribution in [-0.4, -0.2) is 54.1 Å². The van der Waals surface area contributed by atoms with Crippen molar-refractivity contribution in [2.45, 2.75) is 63.8 Å². The van der Waals surface area contributed by atoms with Gasteiger partial charge in [0, 0.05) is 33.0 Å². The third kappa shape index (κ3) is 6.69. The molecule has 0 unspecified atom stereocenters. The molecule has 35 heavy (non-hydrogen) atoms. The summed E-state index contributed by atoms with van der Waals surface area (Å²) in [4.78, 5) is 17.4. The van der Waals surface area contributed by atoms with Crippen molar-refractivity contribution in [2.24, 2.45) is 0 Å². The molecule has 1 saturated heterocycles. The van der Waals surface area contributed by atoms with E-state index in [9.17, 15) is 4.79 Å². The van der Waals surface area contributed by atoms with Crippen molar-refractivity contribution in [2.75, 3.05) is 23.8 Å². The Labute approximate surface area is 205 Å². The van der Waals surface area contributed by atoms with E-state index in [1.165, 1.54) is 6.20 Å². The van der Waals surface area contributed by atoms with E-state index in [1.54, 1.807) is 29.4 Å². The Balaban J connectivity index is 1.41. The minimum Gasteiger partial charge on any atom is -0.460 e. The van der Waals surface area contributed by atoms with Gasteiger partial charge in [-0.25, -0.2) is 4.68 Å². The number of furan rings is 1. The summed E-state index contributed by atoms with van der Waals surface area (Å²) in [5.74, 6) is -0.303. The number of pyridine rings is 1. The van der Waals surface area contributed by atoms with E-state index in [-0.39, 0.29) is 18.1 Å². The van der Waals surface area contributed by atoms with Crippen molar-refractivity contribution in [3.8, 4) is 6.07 Å². The number of amides is 1. The summed E-state index contributed by atoms with van der Waals surface area (Å²) < 4.78 is 18.8. The number of carbonyl (C=O) groups excluding carboxylic acids is 1. The number of hydrogen-bond donors (Lipinski definition) is 2. The Bertz CT molecular complexity index is 1190. The molecule has 1 amide bonds. The van der Waals surface area contributed by atoms with Crippen molar-refractivity contribution in [3.63, 3.8) is 0 Å². The topological polar surface area (TPSA) is 127 Å². The molecule has 4 rings (SSSR count). The highest BCUT2D eigenvalue weighted by Gasteiger charge is 2.24. The van der Waals surface area contributed by atoms with Gasteiger partial charge in [-0.3, -0.25) is 9.78 Å². The fourth-order valence-electron chi connectivity index (χ4n) is 3.82. The van der Waals surface area contributed by atoms with Crippen LogP contribution in [0.1, 0.15) is 29.6 Å². The van der Waals surface area contributed by atoms with Crippen molar-refractivity contribution in [1.29, 1.82) is 5.26 Å². The Morgan fingerprint density at radius 3 is 2.94 bits per heavy atom. The largest absolute Gasteiger partial charge is 0.460 e. The van der Waals surface area contributed by atoms with E-state index < -0.39 is 8.07 Å². The zero-order chi connectivity index (χ0) is 24.8. The Kier molecular flexibility index (Phi) is 7.85. The van der Waals surface area contributed by atoms with E-state index in [0.29, 0.717) is 54.4 Å². The second-order valence-corrected chi connectivity index (χ2v) is 15.6. The van der Waals surface area contributed by atoms with E-state index in [1.807, 2.05) is 0 Å². The van der Waals surface area contributed by atoms with Crippen LogP contribution in [0.5, 0.6) is 0 Å². The Morgan fingerprint density at radius 1 is 1.34 bits per heavy atom. The van der Waals surface area contributed by atoms with Gasteiger partial charge in [0.1, 0.15) is 17.9 Å². The maximum atomic E-state index is 13.0. The van der Waals surface area contributed by atoms with E-state index in [4.69, 9.17) is 19.2 Å². The number of anilines is 2. The molecule has 4 heterocycles. The highest BCUT2D eigenvalue weighted by atomic mass is 28.3. The minimum atomic E-state index is -1.15. The van der Waals surface area contributed by atoms with Crippen LogP contribution in [0.2, 0.25) is 25.7 Å². The first-order valence-corrected chi connectivity index (χ1v) is 15.6. The van der Waals surface area contributed by atoms with Gasteiger partial charge in [-0.05, 0) is 18.9 Å². The quantitative estimate of drug-likeness (QED) is 0.311. The number of aromatic nitrogens is 3. The number of rotatable bonds is 10. The number of nitrogens with zero attached hydrogens (tertiary/aromatic N) is 4. The van der Waals surface area contributed by atoms with Crippen LogP contribution in [0, 0.1) is 11.3 Å². The maximum Gasteiger partial charge on any atom is 0.258 e. The van der Waals surface area contributed by atoms with Crippen molar-refractivity contribution in [1.82, 2.24) is 14.8 Å². The number of nitrogens with one attached hydrogen (secondary N) is 2. The van der Waals surface area contributed by atoms with Crippen LogP contribution < -0.4 is 10.6 Å². The molecule has 11 heteroatoms. The molecule has 0 aliphatic carbocycles. The predicted molar refractivity (Wildman–Crippen MR) is 135 cm³/mol. The van der Waals surface area contributed by atoms with E-state index in [0.717, 1.165) is 18.9 Å². The monoisotopic (exact) mass is 496 g/mol. The average molecular weight is 497 g/mol. The van der Waals surface area contributed by atoms with Gasteiger partial charge < -0.3 is 24.5 Å². The van der Waals surface area contributed by atoms with Crippen LogP contribution in [-0.2, 0) is 16.2 Å². The highest BCUT2D eigenvalue weighted by Crippen LogP contribution is 2.33. The first-order valence-electron chi connectivity index (χ1n) is 11.9. The second kappa shape index (κ2) is 11.0. The van der Waals surface area contributed by atoms with Crippen molar-refractivity contribution < 1.29 is 18.7 Å². The van der Waals surface area contributed by atoms with Gasteiger partial charge in [0.2, 0.25) is 0 Å². The SMILES string of the molecule is C[Si](C)(C)CCOCn1cc(C(=O)Nc2cnc3ccoc3c2N[C@H]2CC[C@H](CC#N)OC2)cn1. The molecule has 2 atom stereocenters. The fraction of sp³-hybridized carbons (Fsp3) is 0.500. The maximum absolute atomic E-state index is 13.0. The smallest absolute Gasteiger partial charge is 0.258 e. The lowest BCUT2D eigenvalue weighted by Crippen LogP contribution is -2.35. The number of nitriles is 1. The van der Waals surface area contributed by atoms with Crippen molar-refractivity contribution >= 4 is 36.5 Å². The summed E-state index contributed by atoms with van der Waals surface area (Å²) in [5, 5.41) is 19.5. The molecule has 3 aromatic rings. The number of fused-ring (bicyclic) bond motifs is 1. The van der Waals surface area contributed by atoms with Crippen LogP contribution in [0.4, 0.5) is 11.4 Å². The summed E-state index contributed by atoms with van der Waals surface area (Å²) in [6.45, 7) is 8.36. The number of carbonyl (C=O) groups is 1. The van der Waals surface area contributed by atoms with E-state index in [2.05, 4.69) is 46.4 Å². The van der Waals surface area contributed by atoms with E-state index >= 15 is 0 Å². The van der Waals surface area contributed by atoms with Crippen LogP contribution >= 0.6 is 0 Å². The van der Waals surface area contributed by atoms with Crippen LogP contribution in [0.15, 0.2) is 35.3 Å². The Hall–Kier alpha value is -3.20. The predicted octanol–water partition coefficient (Wildman–Crippen LogP) is 4.46. The molecule has 186 valence electrons. The Morgan fingerprint density at radius 2 is 2.20 bits per heavy atom. The average Bonchev–Trinajstić information content (AvgIpc) is 3.49. The minimum absolute atomic E-state index is 0.0207. The molecule has 0 aromatic carbocycles. The lowest BCUT2D eigenvalue weighted by molar-refractivity contribution is 0.0127. The lowest BCUT2D eigenvalue weighted by atomic mass is 10.0. The third-order valence-electron chi connectivity index (χ3n) is 5.87. The second-order valence-electron chi connectivity index (χ2n) is 9.99. The fourth-order valence-corrected chi connectivity index (χ4v) is 4.58. The van der Waals surface area contributed by atoms with Crippen LogP contribution in [0.3, 0.4) is 0 Å². The molecule has 3 aromatic heterocycles. The van der Waals surface area contributed by atoms with Crippen molar-refractivity contribution in [3.05, 3.63) is 36.5 Å². The molecule has 2 N–H and O–H groups in total. The zero-order valence-corrected chi connectivity index (χ0v) is 21.4. The van der Waals surface area contributed by atoms with Gasteiger partial charge in [0.25, 0.3) is 5.91 Å². The summed E-state index contributed by atoms with van der Waals surface area (Å²) in [6.07, 6.45) is 8.36. The number of hydrogen-bond acceptors (Lipinski definition) is 8. The molecule has 0 saturated carbocycles. The summed E-state index contributed by atoms with van der Waals surface area (Å²) in [5.41, 5.74) is 2.84. The standard InChI is InChI=1S/C24H32N6O4Si/c1-35(2,3)11-10-32-16-30-14-17(12-27-30)24(31)29-21-13-26-20-7-9-33-23(20)22(21)28-18-4-5-19(6-8-25)34-15-18/h7,9,12-14,18-19H,4-6,10-11,15-16H2,1-3H3,(H,26,28)(H,29,31)/t18-,19+/m0/s1. The number of ether oxygens (including phenoxy) is 2. The van der Waals surface area contributed by atoms with Gasteiger partial charge in [0.05, 0.1) is 55.1 Å². The van der Waals surface area contributed by atoms with Gasteiger partial charge in [-0.1, -0.05) is 19.6 Å². The van der Waals surface area contributed by atoms with Gasteiger partial charge in [-0.2, -0.15) is 10.4 Å². The summed E-state index contributed by atoms with van der Waals surface area (Å²) >= 11 is 0. The van der Waals surface area contributed by atoms with Gasteiger partial charge in [0.15, 0.2) is 5.58 Å². The molecular formula is C24H32N6O4Si. The van der Waals surface area contributed by atoms with Gasteiger partial charge >= 0.3 is 0 Å². The normalized spacial score (nSPS) is 18.3. The first-order chi connectivity index (χ1) is 16.8. The molecule has 1 aliphatic heterocycles. The lowest BCUT2D eigenvalue weighted by Gasteiger charge is -2.29. The highest BCUT2D eigenvalue weighted by molar-refractivity contribution is 6.76. The van der Waals surface area contributed by atoms with Gasteiger partial charge in [-0.15, -0.1) is 0 Å². The summed E-state index contributed by atoms with van der Waals surface area (Å²) in [6, 6.07) is 5.03. The molecule has 1 aliphatic rings. The van der Waals surface area contributed by atoms with Crippen LogP contribution in [0.25, 0.3) is 11.1 Å². The zero-order valence-electron chi connectivity index (χ0n) is 20.4. The molecular weight excluding hydrogens is 464 g/mol. The molecule has 0 bridgehead atoms. The molecule has 1 fully saturated rings. The molecule has 0 radical (unpaired) electrons. The third-order valence-corrected chi connectivity index (χ3v) is 7.58. The first kappa shape index (κ1) is 24.9. The molecule has 0 spiro atoms. The molecule has 10 nitrogen and oxygen atoms in total. The summed E-state index contributed by atoms with van der Waals surface area (Å²) in [7, 11) is -1.15.